The Morgan fingerprint density at radius 1 is 1.18 bits per heavy atom. The number of aryl methyl sites for hydroxylation is 1. The van der Waals surface area contributed by atoms with Gasteiger partial charge in [-0.3, -0.25) is 19.3 Å². The van der Waals surface area contributed by atoms with Crippen LogP contribution in [0.4, 0.5) is 10.5 Å². The van der Waals surface area contributed by atoms with Crippen LogP contribution >= 0.6 is 0 Å². The van der Waals surface area contributed by atoms with E-state index in [2.05, 4.69) is 5.32 Å². The number of hydrogen-bond donors (Lipinski definition) is 1. The fraction of sp³-hybridized carbons (Fsp3) is 0.333. The first-order chi connectivity index (χ1) is 10.3. The fourth-order valence-corrected chi connectivity index (χ4v) is 2.18. The van der Waals surface area contributed by atoms with E-state index in [9.17, 15) is 19.2 Å². The molecule has 7 heteroatoms. The zero-order valence-corrected chi connectivity index (χ0v) is 12.6. The summed E-state index contributed by atoms with van der Waals surface area (Å²) in [5.74, 6) is -2.41. The molecule has 116 valence electrons. The highest BCUT2D eigenvalue weighted by Crippen LogP contribution is 2.15. The molecule has 0 saturated carbocycles. The number of nitrogens with one attached hydrogen (secondary N) is 1. The van der Waals surface area contributed by atoms with Gasteiger partial charge in [-0.25, -0.2) is 9.69 Å². The van der Waals surface area contributed by atoms with E-state index in [1.54, 1.807) is 32.0 Å². The van der Waals surface area contributed by atoms with Crippen LogP contribution in [0.25, 0.3) is 0 Å². The van der Waals surface area contributed by atoms with Crippen LogP contribution < -0.4 is 5.32 Å². The monoisotopic (exact) mass is 303 g/mol. The zero-order valence-electron chi connectivity index (χ0n) is 12.6. The van der Waals surface area contributed by atoms with Crippen LogP contribution in [0.15, 0.2) is 24.3 Å². The summed E-state index contributed by atoms with van der Waals surface area (Å²) >= 11 is 0. The molecule has 0 bridgehead atoms. The van der Waals surface area contributed by atoms with Crippen molar-refractivity contribution in [2.24, 2.45) is 0 Å². The summed E-state index contributed by atoms with van der Waals surface area (Å²) in [4.78, 5) is 49.1. The summed E-state index contributed by atoms with van der Waals surface area (Å²) in [5, 5.41) is 2.59. The van der Waals surface area contributed by atoms with Crippen molar-refractivity contribution in [1.29, 1.82) is 0 Å². The van der Waals surface area contributed by atoms with Gasteiger partial charge in [-0.1, -0.05) is 12.1 Å². The summed E-state index contributed by atoms with van der Waals surface area (Å²) in [5.41, 5.74) is 1.53. The zero-order chi connectivity index (χ0) is 16.4. The minimum atomic E-state index is -0.974. The molecule has 1 aromatic rings. The van der Waals surface area contributed by atoms with Gasteiger partial charge in [-0.15, -0.1) is 0 Å². The minimum absolute atomic E-state index is 0.436. The number of imide groups is 2. The number of nitrogens with zero attached hydrogens (tertiary/aromatic N) is 2. The topological polar surface area (TPSA) is 86.8 Å². The molecule has 1 N–H and O–H groups in total. The predicted molar refractivity (Wildman–Crippen MR) is 78.9 cm³/mol. The van der Waals surface area contributed by atoms with E-state index < -0.39 is 36.3 Å². The van der Waals surface area contributed by atoms with Crippen molar-refractivity contribution in [1.82, 2.24) is 9.80 Å². The van der Waals surface area contributed by atoms with Crippen LogP contribution in [-0.2, 0) is 14.4 Å². The van der Waals surface area contributed by atoms with Gasteiger partial charge in [0.05, 0.1) is 0 Å². The third kappa shape index (κ3) is 2.98. The van der Waals surface area contributed by atoms with E-state index in [1.165, 1.54) is 0 Å². The molecule has 1 saturated heterocycles. The van der Waals surface area contributed by atoms with Crippen LogP contribution in [0, 0.1) is 6.92 Å². The first-order valence-corrected chi connectivity index (χ1v) is 6.86. The lowest BCUT2D eigenvalue weighted by molar-refractivity contribution is -0.144. The normalized spacial score (nSPS) is 15.0. The van der Waals surface area contributed by atoms with Gasteiger partial charge in [0.25, 0.3) is 0 Å². The number of urea groups is 1. The van der Waals surface area contributed by atoms with Crippen molar-refractivity contribution in [3.8, 4) is 0 Å². The highest BCUT2D eigenvalue weighted by atomic mass is 16.2. The Bertz CT molecular complexity index is 654. The van der Waals surface area contributed by atoms with Gasteiger partial charge in [-0.2, -0.15) is 0 Å². The van der Waals surface area contributed by atoms with Crippen LogP contribution in [0.3, 0.4) is 0 Å². The lowest BCUT2D eigenvalue weighted by Crippen LogP contribution is -2.40. The van der Waals surface area contributed by atoms with E-state index in [-0.39, 0.29) is 0 Å². The van der Waals surface area contributed by atoms with Gasteiger partial charge < -0.3 is 5.32 Å². The molecule has 1 aliphatic heterocycles. The summed E-state index contributed by atoms with van der Waals surface area (Å²) in [6.45, 7) is 4.64. The molecule has 0 aliphatic carbocycles. The van der Waals surface area contributed by atoms with Crippen molar-refractivity contribution in [2.75, 3.05) is 11.9 Å². The number of carbonyl (C=O) groups is 4. The fourth-order valence-electron chi connectivity index (χ4n) is 2.18. The van der Waals surface area contributed by atoms with Gasteiger partial charge in [0.1, 0.15) is 6.54 Å². The van der Waals surface area contributed by atoms with Gasteiger partial charge in [0.2, 0.25) is 5.91 Å². The molecular formula is C15H17N3O4. The van der Waals surface area contributed by atoms with E-state index in [0.717, 1.165) is 10.5 Å². The average molecular weight is 303 g/mol. The molecule has 1 aromatic carbocycles. The third-order valence-corrected chi connectivity index (χ3v) is 3.20. The average Bonchev–Trinajstić information content (AvgIpc) is 2.62. The Kier molecular flexibility index (Phi) is 4.25. The van der Waals surface area contributed by atoms with Crippen LogP contribution in [0.5, 0.6) is 0 Å². The summed E-state index contributed by atoms with van der Waals surface area (Å²) < 4.78 is 0. The maximum Gasteiger partial charge on any atom is 0.334 e. The van der Waals surface area contributed by atoms with E-state index in [4.69, 9.17) is 0 Å². The lowest BCUT2D eigenvalue weighted by atomic mass is 10.2. The van der Waals surface area contributed by atoms with Crippen LogP contribution in [0.2, 0.25) is 0 Å². The SMILES string of the molecule is Cc1cccc(NC(=O)CN2C(=O)C(=O)N(C(C)C)C2=O)c1. The molecule has 0 unspecified atom stereocenters. The summed E-state index contributed by atoms with van der Waals surface area (Å²) in [7, 11) is 0. The molecule has 5 amide bonds. The van der Waals surface area contributed by atoms with Crippen molar-refractivity contribution < 1.29 is 19.2 Å². The molecule has 1 aliphatic rings. The van der Waals surface area contributed by atoms with Crippen molar-refractivity contribution in [3.63, 3.8) is 0 Å². The van der Waals surface area contributed by atoms with Gasteiger partial charge >= 0.3 is 17.8 Å². The minimum Gasteiger partial charge on any atom is -0.325 e. The Morgan fingerprint density at radius 3 is 2.41 bits per heavy atom. The number of anilines is 1. The number of carbonyl (C=O) groups excluding carboxylic acids is 4. The number of hydrogen-bond acceptors (Lipinski definition) is 4. The molecule has 1 fully saturated rings. The molecule has 0 aromatic heterocycles. The second-order valence-electron chi connectivity index (χ2n) is 5.36. The molecule has 7 nitrogen and oxygen atoms in total. The predicted octanol–water partition coefficient (Wildman–Crippen LogP) is 1.13. The summed E-state index contributed by atoms with van der Waals surface area (Å²) in [6, 6.07) is 5.92. The number of benzene rings is 1. The number of amides is 5. The Balaban J connectivity index is 2.07. The van der Waals surface area contributed by atoms with E-state index in [1.807, 2.05) is 13.0 Å². The second kappa shape index (κ2) is 5.97. The Labute approximate surface area is 127 Å². The summed E-state index contributed by atoms with van der Waals surface area (Å²) in [6.07, 6.45) is 0. The quantitative estimate of drug-likeness (QED) is 0.667. The van der Waals surface area contributed by atoms with Crippen molar-refractivity contribution in [3.05, 3.63) is 29.8 Å². The van der Waals surface area contributed by atoms with Gasteiger partial charge in [0, 0.05) is 11.7 Å². The largest absolute Gasteiger partial charge is 0.334 e. The Morgan fingerprint density at radius 2 is 1.86 bits per heavy atom. The van der Waals surface area contributed by atoms with Crippen molar-refractivity contribution >= 4 is 29.4 Å². The van der Waals surface area contributed by atoms with Crippen molar-refractivity contribution in [2.45, 2.75) is 26.8 Å². The molecule has 0 spiro atoms. The number of rotatable bonds is 4. The highest BCUT2D eigenvalue weighted by Gasteiger charge is 2.46. The van der Waals surface area contributed by atoms with E-state index in [0.29, 0.717) is 10.6 Å². The molecular weight excluding hydrogens is 286 g/mol. The van der Waals surface area contributed by atoms with Crippen LogP contribution in [0.1, 0.15) is 19.4 Å². The van der Waals surface area contributed by atoms with E-state index >= 15 is 0 Å². The second-order valence-corrected chi connectivity index (χ2v) is 5.36. The highest BCUT2D eigenvalue weighted by molar-refractivity contribution is 6.45. The van der Waals surface area contributed by atoms with Gasteiger partial charge in [0.15, 0.2) is 0 Å². The molecule has 0 atom stereocenters. The third-order valence-electron chi connectivity index (χ3n) is 3.20. The maximum absolute atomic E-state index is 12.0. The first kappa shape index (κ1) is 15.7. The lowest BCUT2D eigenvalue weighted by Gasteiger charge is -2.18. The molecule has 2 rings (SSSR count). The molecule has 0 radical (unpaired) electrons. The first-order valence-electron chi connectivity index (χ1n) is 6.86. The van der Waals surface area contributed by atoms with Crippen LogP contribution in [-0.4, -0.2) is 46.1 Å². The van der Waals surface area contributed by atoms with Gasteiger partial charge in [-0.05, 0) is 38.5 Å². The molecule has 1 heterocycles. The smallest absolute Gasteiger partial charge is 0.325 e. The standard InChI is InChI=1S/C15H17N3O4/c1-9(2)18-14(21)13(20)17(15(18)22)8-12(19)16-11-6-4-5-10(3)7-11/h4-7,9H,8H2,1-3H3,(H,16,19). The maximum atomic E-state index is 12.0. The molecule has 22 heavy (non-hydrogen) atoms. The Hall–Kier alpha value is -2.70.